The minimum absolute atomic E-state index is 0.271. The van der Waals surface area contributed by atoms with Crippen LogP contribution in [0.1, 0.15) is 80.6 Å². The molecule has 0 spiro atoms. The number of ketones is 1. The van der Waals surface area contributed by atoms with E-state index in [4.69, 9.17) is 0 Å². The Hall–Kier alpha value is -1.11. The van der Waals surface area contributed by atoms with Gasteiger partial charge in [-0.3, -0.25) is 4.79 Å². The van der Waals surface area contributed by atoms with Crippen molar-refractivity contribution in [3.05, 3.63) is 35.4 Å². The van der Waals surface area contributed by atoms with Gasteiger partial charge in [0.2, 0.25) is 0 Å². The van der Waals surface area contributed by atoms with Crippen molar-refractivity contribution in [1.82, 2.24) is 0 Å². The van der Waals surface area contributed by atoms with E-state index in [1.54, 1.807) is 0 Å². The summed E-state index contributed by atoms with van der Waals surface area (Å²) in [4.78, 5) is 12.2. The van der Waals surface area contributed by atoms with Crippen molar-refractivity contribution in [3.63, 3.8) is 0 Å². The van der Waals surface area contributed by atoms with E-state index >= 15 is 0 Å². The minimum atomic E-state index is 0.271. The Bertz CT molecular complexity index is 422. The quantitative estimate of drug-likeness (QED) is 0.537. The van der Waals surface area contributed by atoms with Crippen molar-refractivity contribution >= 4 is 5.78 Å². The summed E-state index contributed by atoms with van der Waals surface area (Å²) in [5, 5.41) is 0. The van der Waals surface area contributed by atoms with Gasteiger partial charge in [0.25, 0.3) is 0 Å². The van der Waals surface area contributed by atoms with Crippen LogP contribution in [0.4, 0.5) is 0 Å². The maximum absolute atomic E-state index is 12.2. The summed E-state index contributed by atoms with van der Waals surface area (Å²) >= 11 is 0. The van der Waals surface area contributed by atoms with E-state index in [1.165, 1.54) is 56.9 Å². The first kappa shape index (κ1) is 15.3. The van der Waals surface area contributed by atoms with Crippen LogP contribution in [-0.2, 0) is 6.42 Å². The third-order valence-corrected chi connectivity index (χ3v) is 4.53. The molecule has 0 fully saturated rings. The number of hydrogen-bond acceptors (Lipinski definition) is 1. The molecule has 2 rings (SSSR count). The number of rotatable bonds is 9. The smallest absolute Gasteiger partial charge is 0.166 e. The Kier molecular flexibility index (Phi) is 6.29. The van der Waals surface area contributed by atoms with Gasteiger partial charge in [0.1, 0.15) is 0 Å². The number of carbonyl (C=O) groups is 1. The highest BCUT2D eigenvalue weighted by molar-refractivity contribution is 6.02. The van der Waals surface area contributed by atoms with Gasteiger partial charge in [-0.15, -0.1) is 0 Å². The molecule has 0 amide bonds. The fraction of sp³-hybridized carbons (Fsp3) is 0.632. The fourth-order valence-corrected chi connectivity index (χ4v) is 3.27. The molecular formula is C19H28O. The third-order valence-electron chi connectivity index (χ3n) is 4.53. The highest BCUT2D eigenvalue weighted by Crippen LogP contribution is 2.30. The summed E-state index contributed by atoms with van der Waals surface area (Å²) in [6, 6.07) is 8.13. The normalized spacial score (nSPS) is 17.4. The van der Waals surface area contributed by atoms with E-state index in [2.05, 4.69) is 13.0 Å². The molecule has 0 bridgehead atoms. The zero-order valence-corrected chi connectivity index (χ0v) is 12.9. The second-order valence-corrected chi connectivity index (χ2v) is 6.19. The van der Waals surface area contributed by atoms with E-state index in [9.17, 15) is 4.79 Å². The summed E-state index contributed by atoms with van der Waals surface area (Å²) < 4.78 is 0. The molecule has 0 saturated carbocycles. The summed E-state index contributed by atoms with van der Waals surface area (Å²) in [5.74, 6) is 0.663. The SMILES string of the molecule is CCCCCCCCCCC1Cc2ccccc2C1=O. The van der Waals surface area contributed by atoms with Gasteiger partial charge in [-0.1, -0.05) is 82.6 Å². The number of benzene rings is 1. The van der Waals surface area contributed by atoms with Crippen LogP contribution in [0.15, 0.2) is 24.3 Å². The molecular weight excluding hydrogens is 244 g/mol. The largest absolute Gasteiger partial charge is 0.294 e. The molecule has 1 aliphatic carbocycles. The molecule has 1 heteroatoms. The average molecular weight is 272 g/mol. The van der Waals surface area contributed by atoms with E-state index in [-0.39, 0.29) is 5.92 Å². The summed E-state index contributed by atoms with van der Waals surface area (Å²) in [5.41, 5.74) is 2.25. The lowest BCUT2D eigenvalue weighted by atomic mass is 9.96. The van der Waals surface area contributed by atoms with Crippen molar-refractivity contribution in [2.45, 2.75) is 71.1 Å². The lowest BCUT2D eigenvalue weighted by Gasteiger charge is -2.07. The van der Waals surface area contributed by atoms with Gasteiger partial charge in [-0.25, -0.2) is 0 Å². The van der Waals surface area contributed by atoms with Gasteiger partial charge in [0, 0.05) is 11.5 Å². The van der Waals surface area contributed by atoms with Crippen molar-refractivity contribution in [2.75, 3.05) is 0 Å². The zero-order chi connectivity index (χ0) is 14.2. The van der Waals surface area contributed by atoms with Crippen LogP contribution in [0.3, 0.4) is 0 Å². The Morgan fingerprint density at radius 2 is 1.60 bits per heavy atom. The summed E-state index contributed by atoms with van der Waals surface area (Å²) in [6.07, 6.45) is 12.8. The van der Waals surface area contributed by atoms with Crippen LogP contribution in [0, 0.1) is 5.92 Å². The first-order valence-corrected chi connectivity index (χ1v) is 8.45. The van der Waals surface area contributed by atoms with Gasteiger partial charge in [-0.2, -0.15) is 0 Å². The maximum Gasteiger partial charge on any atom is 0.166 e. The molecule has 0 heterocycles. The zero-order valence-electron chi connectivity index (χ0n) is 12.9. The number of carbonyl (C=O) groups excluding carboxylic acids is 1. The molecule has 1 nitrogen and oxygen atoms in total. The summed E-state index contributed by atoms with van der Waals surface area (Å²) in [7, 11) is 0. The molecule has 1 aromatic rings. The predicted molar refractivity (Wildman–Crippen MR) is 85.2 cm³/mol. The number of Topliss-reactive ketones (excluding diaryl/α,β-unsaturated/α-hetero) is 1. The molecule has 110 valence electrons. The van der Waals surface area contributed by atoms with E-state index < -0.39 is 0 Å². The number of hydrogen-bond donors (Lipinski definition) is 0. The van der Waals surface area contributed by atoms with Gasteiger partial charge < -0.3 is 0 Å². The van der Waals surface area contributed by atoms with Gasteiger partial charge >= 0.3 is 0 Å². The van der Waals surface area contributed by atoms with Gasteiger partial charge in [-0.05, 0) is 18.4 Å². The van der Waals surface area contributed by atoms with Crippen molar-refractivity contribution < 1.29 is 4.79 Å². The summed E-state index contributed by atoms with van der Waals surface area (Å²) in [6.45, 7) is 2.26. The molecule has 1 atom stereocenters. The van der Waals surface area contributed by atoms with Crippen LogP contribution in [0.5, 0.6) is 0 Å². The lowest BCUT2D eigenvalue weighted by Crippen LogP contribution is -2.08. The molecule has 1 unspecified atom stereocenters. The highest BCUT2D eigenvalue weighted by atomic mass is 16.1. The minimum Gasteiger partial charge on any atom is -0.294 e. The number of unbranched alkanes of at least 4 members (excludes halogenated alkanes) is 7. The molecule has 0 N–H and O–H groups in total. The van der Waals surface area contributed by atoms with Crippen LogP contribution in [0.2, 0.25) is 0 Å². The monoisotopic (exact) mass is 272 g/mol. The maximum atomic E-state index is 12.2. The molecule has 1 aliphatic rings. The van der Waals surface area contributed by atoms with Crippen molar-refractivity contribution in [1.29, 1.82) is 0 Å². The highest BCUT2D eigenvalue weighted by Gasteiger charge is 2.29. The van der Waals surface area contributed by atoms with E-state index in [0.29, 0.717) is 5.78 Å². The Balaban J connectivity index is 1.59. The average Bonchev–Trinajstić information content (AvgIpc) is 2.79. The van der Waals surface area contributed by atoms with Crippen molar-refractivity contribution in [3.8, 4) is 0 Å². The molecule has 0 aromatic heterocycles. The van der Waals surface area contributed by atoms with Crippen LogP contribution in [0.25, 0.3) is 0 Å². The molecule has 1 aromatic carbocycles. The molecule has 0 aliphatic heterocycles. The number of fused-ring (bicyclic) bond motifs is 1. The standard InChI is InChI=1S/C19H28O/c1-2-3-4-5-6-7-8-9-13-17-15-16-12-10-11-14-18(16)19(17)20/h10-12,14,17H,2-9,13,15H2,1H3. The fourth-order valence-electron chi connectivity index (χ4n) is 3.27. The van der Waals surface area contributed by atoms with Gasteiger partial charge in [0.05, 0.1) is 0 Å². The van der Waals surface area contributed by atoms with Crippen LogP contribution in [-0.4, -0.2) is 5.78 Å². The second kappa shape index (κ2) is 8.24. The van der Waals surface area contributed by atoms with E-state index in [1.807, 2.05) is 18.2 Å². The molecule has 0 saturated heterocycles. The van der Waals surface area contributed by atoms with Crippen molar-refractivity contribution in [2.24, 2.45) is 5.92 Å². The van der Waals surface area contributed by atoms with Crippen LogP contribution < -0.4 is 0 Å². The Labute approximate surface area is 123 Å². The third kappa shape index (κ3) is 4.19. The van der Waals surface area contributed by atoms with E-state index in [0.717, 1.165) is 18.4 Å². The second-order valence-electron chi connectivity index (χ2n) is 6.19. The van der Waals surface area contributed by atoms with Gasteiger partial charge in [0.15, 0.2) is 5.78 Å². The first-order chi connectivity index (χ1) is 9.83. The molecule has 20 heavy (non-hydrogen) atoms. The first-order valence-electron chi connectivity index (χ1n) is 8.45. The van der Waals surface area contributed by atoms with Crippen LogP contribution >= 0.6 is 0 Å². The molecule has 0 radical (unpaired) electrons. The predicted octanol–water partition coefficient (Wildman–Crippen LogP) is 5.57. The Morgan fingerprint density at radius 1 is 0.950 bits per heavy atom. The lowest BCUT2D eigenvalue weighted by molar-refractivity contribution is 0.0929. The Morgan fingerprint density at radius 3 is 2.30 bits per heavy atom. The topological polar surface area (TPSA) is 17.1 Å².